The Hall–Kier alpha value is -3.09. The quantitative estimate of drug-likeness (QED) is 0.784. The average Bonchev–Trinajstić information content (AvgIpc) is 3.35. The molecule has 0 aliphatic carbocycles. The van der Waals surface area contributed by atoms with Crippen molar-refractivity contribution in [3.05, 3.63) is 66.1 Å². The molecule has 1 N–H and O–H groups in total. The highest BCUT2D eigenvalue weighted by Crippen LogP contribution is 2.34. The van der Waals surface area contributed by atoms with Crippen LogP contribution in [0.4, 0.5) is 4.39 Å². The van der Waals surface area contributed by atoms with Crippen molar-refractivity contribution in [1.29, 1.82) is 0 Å². The zero-order valence-corrected chi connectivity index (χ0v) is 14.1. The van der Waals surface area contributed by atoms with Crippen LogP contribution in [0.25, 0.3) is 11.5 Å². The zero-order valence-electron chi connectivity index (χ0n) is 14.1. The Balaban J connectivity index is 1.59. The number of rotatable bonds is 4. The third-order valence-corrected chi connectivity index (χ3v) is 4.61. The van der Waals surface area contributed by atoms with E-state index >= 15 is 0 Å². The fourth-order valence-corrected chi connectivity index (χ4v) is 3.40. The van der Waals surface area contributed by atoms with Crippen molar-refractivity contribution in [2.24, 2.45) is 0 Å². The minimum atomic E-state index is -0.303. The summed E-state index contributed by atoms with van der Waals surface area (Å²) in [6, 6.07) is 5.92. The molecule has 132 valence electrons. The number of H-pyrrole nitrogens is 1. The molecule has 1 atom stereocenters. The number of carbonyl (C=O) groups excluding carboxylic acids is 1. The molecular formula is C19H18FN5O. The third-order valence-electron chi connectivity index (χ3n) is 4.61. The van der Waals surface area contributed by atoms with Gasteiger partial charge in [0.1, 0.15) is 11.5 Å². The summed E-state index contributed by atoms with van der Waals surface area (Å²) in [5.74, 6) is 0.351. The minimum absolute atomic E-state index is 0.00940. The van der Waals surface area contributed by atoms with Gasteiger partial charge in [-0.15, -0.1) is 0 Å². The monoisotopic (exact) mass is 351 g/mol. The standard InChI is InChI=1S/C19H18FN5O/c20-14-5-3-13(4-6-14)12-16(26)25-11-1-2-15(25)17-18(22-8-7-21-17)19-23-9-10-24-19/h3-10,15H,1-2,11-12H2,(H,23,24). The van der Waals surface area contributed by atoms with Gasteiger partial charge in [-0.2, -0.15) is 0 Å². The predicted octanol–water partition coefficient (Wildman–Crippen LogP) is 2.91. The minimum Gasteiger partial charge on any atom is -0.343 e. The number of amides is 1. The number of halogens is 1. The van der Waals surface area contributed by atoms with Gasteiger partial charge in [-0.05, 0) is 30.5 Å². The molecule has 0 spiro atoms. The summed E-state index contributed by atoms with van der Waals surface area (Å²) in [4.78, 5) is 30.9. The maximum absolute atomic E-state index is 13.1. The molecule has 1 aromatic carbocycles. The van der Waals surface area contributed by atoms with Crippen molar-refractivity contribution in [3.63, 3.8) is 0 Å². The van der Waals surface area contributed by atoms with Crippen molar-refractivity contribution in [2.75, 3.05) is 6.54 Å². The Kier molecular flexibility index (Phi) is 4.43. The van der Waals surface area contributed by atoms with Gasteiger partial charge in [0.05, 0.1) is 18.2 Å². The van der Waals surface area contributed by atoms with Gasteiger partial charge in [0, 0.05) is 31.3 Å². The second-order valence-electron chi connectivity index (χ2n) is 6.28. The number of carbonyl (C=O) groups is 1. The van der Waals surface area contributed by atoms with E-state index in [-0.39, 0.29) is 24.2 Å². The van der Waals surface area contributed by atoms with Crippen LogP contribution in [0.3, 0.4) is 0 Å². The Morgan fingerprint density at radius 3 is 2.73 bits per heavy atom. The molecule has 1 aliphatic rings. The first-order chi connectivity index (χ1) is 12.7. The molecule has 0 saturated carbocycles. The summed E-state index contributed by atoms with van der Waals surface area (Å²) >= 11 is 0. The molecule has 1 fully saturated rings. The largest absolute Gasteiger partial charge is 0.343 e. The summed E-state index contributed by atoms with van der Waals surface area (Å²) in [7, 11) is 0. The van der Waals surface area contributed by atoms with Crippen LogP contribution < -0.4 is 0 Å². The highest BCUT2D eigenvalue weighted by Gasteiger charge is 2.33. The molecule has 1 amide bonds. The first-order valence-electron chi connectivity index (χ1n) is 8.57. The number of likely N-dealkylation sites (tertiary alicyclic amines) is 1. The molecular weight excluding hydrogens is 333 g/mol. The van der Waals surface area contributed by atoms with Gasteiger partial charge in [-0.1, -0.05) is 12.1 Å². The number of nitrogens with one attached hydrogen (secondary N) is 1. The molecule has 3 aromatic rings. The van der Waals surface area contributed by atoms with Crippen molar-refractivity contribution in [1.82, 2.24) is 24.8 Å². The number of aromatic nitrogens is 4. The van der Waals surface area contributed by atoms with Gasteiger partial charge in [0.25, 0.3) is 0 Å². The fourth-order valence-electron chi connectivity index (χ4n) is 3.40. The summed E-state index contributed by atoms with van der Waals surface area (Å²) in [5.41, 5.74) is 2.23. The van der Waals surface area contributed by atoms with Crippen molar-refractivity contribution in [2.45, 2.75) is 25.3 Å². The lowest BCUT2D eigenvalue weighted by Crippen LogP contribution is -2.32. The lowest BCUT2D eigenvalue weighted by molar-refractivity contribution is -0.131. The summed E-state index contributed by atoms with van der Waals surface area (Å²) in [6.45, 7) is 0.679. The molecule has 0 radical (unpaired) electrons. The Labute approximate surface area is 150 Å². The number of hydrogen-bond donors (Lipinski definition) is 1. The molecule has 1 aliphatic heterocycles. The van der Waals surface area contributed by atoms with E-state index in [1.807, 2.05) is 4.90 Å². The zero-order chi connectivity index (χ0) is 17.9. The van der Waals surface area contributed by atoms with E-state index < -0.39 is 0 Å². The highest BCUT2D eigenvalue weighted by atomic mass is 19.1. The molecule has 1 unspecified atom stereocenters. The van der Waals surface area contributed by atoms with E-state index in [2.05, 4.69) is 19.9 Å². The molecule has 4 rings (SSSR count). The second-order valence-corrected chi connectivity index (χ2v) is 6.28. The van der Waals surface area contributed by atoms with E-state index in [4.69, 9.17) is 0 Å². The molecule has 0 bridgehead atoms. The fraction of sp³-hybridized carbons (Fsp3) is 0.263. The highest BCUT2D eigenvalue weighted by molar-refractivity contribution is 5.79. The van der Waals surface area contributed by atoms with Crippen molar-refractivity contribution < 1.29 is 9.18 Å². The number of aromatic amines is 1. The van der Waals surface area contributed by atoms with Crippen LogP contribution in [-0.2, 0) is 11.2 Å². The van der Waals surface area contributed by atoms with Gasteiger partial charge < -0.3 is 9.88 Å². The second kappa shape index (κ2) is 7.03. The van der Waals surface area contributed by atoms with Gasteiger partial charge in [0.15, 0.2) is 5.82 Å². The van der Waals surface area contributed by atoms with Crippen LogP contribution in [0.15, 0.2) is 49.1 Å². The molecule has 6 nitrogen and oxygen atoms in total. The van der Waals surface area contributed by atoms with Crippen LogP contribution in [0.2, 0.25) is 0 Å². The van der Waals surface area contributed by atoms with Crippen LogP contribution in [0, 0.1) is 5.82 Å². The number of nitrogens with zero attached hydrogens (tertiary/aromatic N) is 4. The van der Waals surface area contributed by atoms with Crippen LogP contribution in [-0.4, -0.2) is 37.3 Å². The lowest BCUT2D eigenvalue weighted by Gasteiger charge is -2.25. The topological polar surface area (TPSA) is 74.8 Å². The first-order valence-corrected chi connectivity index (χ1v) is 8.57. The van der Waals surface area contributed by atoms with Crippen molar-refractivity contribution in [3.8, 4) is 11.5 Å². The van der Waals surface area contributed by atoms with Crippen LogP contribution >= 0.6 is 0 Å². The van der Waals surface area contributed by atoms with Gasteiger partial charge in [-0.3, -0.25) is 9.78 Å². The SMILES string of the molecule is O=C(Cc1ccc(F)cc1)N1CCCC1c1nccnc1-c1ncc[nH]1. The summed E-state index contributed by atoms with van der Waals surface area (Å²) in [6.07, 6.45) is 8.66. The van der Waals surface area contributed by atoms with Crippen LogP contribution in [0.1, 0.15) is 30.1 Å². The lowest BCUT2D eigenvalue weighted by atomic mass is 10.1. The Morgan fingerprint density at radius 1 is 1.15 bits per heavy atom. The summed E-state index contributed by atoms with van der Waals surface area (Å²) in [5, 5.41) is 0. The molecule has 26 heavy (non-hydrogen) atoms. The van der Waals surface area contributed by atoms with Crippen LogP contribution in [0.5, 0.6) is 0 Å². The van der Waals surface area contributed by atoms with Gasteiger partial charge in [-0.25, -0.2) is 14.4 Å². The van der Waals surface area contributed by atoms with E-state index in [0.717, 1.165) is 24.1 Å². The molecule has 3 heterocycles. The Bertz CT molecular complexity index is 895. The maximum atomic E-state index is 13.1. The van der Waals surface area contributed by atoms with E-state index in [0.29, 0.717) is 18.1 Å². The number of imidazole rings is 1. The third kappa shape index (κ3) is 3.20. The molecule has 7 heteroatoms. The smallest absolute Gasteiger partial charge is 0.227 e. The average molecular weight is 351 g/mol. The van der Waals surface area contributed by atoms with E-state index in [9.17, 15) is 9.18 Å². The van der Waals surface area contributed by atoms with Gasteiger partial charge >= 0.3 is 0 Å². The molecule has 1 saturated heterocycles. The number of hydrogen-bond acceptors (Lipinski definition) is 4. The predicted molar refractivity (Wildman–Crippen MR) is 93.4 cm³/mol. The van der Waals surface area contributed by atoms with Gasteiger partial charge in [0.2, 0.25) is 5.91 Å². The van der Waals surface area contributed by atoms with E-state index in [1.165, 1.54) is 12.1 Å². The van der Waals surface area contributed by atoms with Crippen molar-refractivity contribution >= 4 is 5.91 Å². The first kappa shape index (κ1) is 16.4. The Morgan fingerprint density at radius 2 is 1.96 bits per heavy atom. The molecule has 2 aromatic heterocycles. The normalized spacial score (nSPS) is 16.8. The summed E-state index contributed by atoms with van der Waals surface area (Å²) < 4.78 is 13.1. The number of benzene rings is 1. The maximum Gasteiger partial charge on any atom is 0.227 e. The van der Waals surface area contributed by atoms with E-state index in [1.54, 1.807) is 36.9 Å².